The number of anilines is 1. The van der Waals surface area contributed by atoms with Gasteiger partial charge in [-0.1, -0.05) is 24.3 Å². The molecule has 1 saturated carbocycles. The van der Waals surface area contributed by atoms with Crippen molar-refractivity contribution in [1.82, 2.24) is 20.2 Å². The van der Waals surface area contributed by atoms with Crippen LogP contribution in [0.15, 0.2) is 54.7 Å². The molecule has 0 spiro atoms. The van der Waals surface area contributed by atoms with Crippen molar-refractivity contribution in [2.75, 3.05) is 18.4 Å². The van der Waals surface area contributed by atoms with Gasteiger partial charge < -0.3 is 15.6 Å². The lowest BCUT2D eigenvalue weighted by atomic mass is 10.0. The standard InChI is InChI=1S/C28H28FN5O2/c29-23-4-2-1-3-19(23)16-34-13-10-20(11-14-34)31-28(36)18-7-8-21-22-9-12-30-26(25(22)32-24(21)15-18)33-27(35)17-5-6-17/h1-4,7-9,12,15,17,20,32H,5-6,10-11,13-14,16H2,(H,31,36)(H,30,33,35). The monoisotopic (exact) mass is 485 g/mol. The Kier molecular flexibility index (Phi) is 5.89. The Morgan fingerprint density at radius 2 is 1.83 bits per heavy atom. The average molecular weight is 486 g/mol. The minimum atomic E-state index is -0.173. The Labute approximate surface area is 208 Å². The second-order valence-electron chi connectivity index (χ2n) is 9.85. The molecule has 0 unspecified atom stereocenters. The first-order valence-electron chi connectivity index (χ1n) is 12.5. The molecule has 1 aliphatic carbocycles. The topological polar surface area (TPSA) is 90.1 Å². The van der Waals surface area contributed by atoms with Crippen LogP contribution in [-0.4, -0.2) is 45.8 Å². The van der Waals surface area contributed by atoms with E-state index in [1.54, 1.807) is 12.3 Å². The van der Waals surface area contributed by atoms with Crippen molar-refractivity contribution in [2.24, 2.45) is 5.92 Å². The number of nitrogens with zero attached hydrogens (tertiary/aromatic N) is 2. The lowest BCUT2D eigenvalue weighted by Crippen LogP contribution is -2.44. The number of halogens is 1. The summed E-state index contributed by atoms with van der Waals surface area (Å²) in [6, 6.07) is 14.5. The number of amides is 2. The number of piperidine rings is 1. The van der Waals surface area contributed by atoms with Gasteiger partial charge in [-0.2, -0.15) is 0 Å². The average Bonchev–Trinajstić information content (AvgIpc) is 3.67. The van der Waals surface area contributed by atoms with E-state index in [2.05, 4.69) is 25.5 Å². The molecule has 2 aromatic carbocycles. The highest BCUT2D eigenvalue weighted by Crippen LogP contribution is 2.33. The normalized spacial score (nSPS) is 16.9. The number of hydrogen-bond donors (Lipinski definition) is 3. The smallest absolute Gasteiger partial charge is 0.251 e. The summed E-state index contributed by atoms with van der Waals surface area (Å²) in [6.45, 7) is 2.20. The minimum Gasteiger partial charge on any atom is -0.351 e. The number of benzene rings is 2. The first-order chi connectivity index (χ1) is 17.5. The Morgan fingerprint density at radius 1 is 1.03 bits per heavy atom. The molecule has 0 radical (unpaired) electrons. The summed E-state index contributed by atoms with van der Waals surface area (Å²) in [4.78, 5) is 35.2. The number of likely N-dealkylation sites (tertiary alicyclic amines) is 1. The van der Waals surface area contributed by atoms with Gasteiger partial charge in [0.15, 0.2) is 5.82 Å². The van der Waals surface area contributed by atoms with Crippen molar-refractivity contribution in [3.63, 3.8) is 0 Å². The summed E-state index contributed by atoms with van der Waals surface area (Å²) in [5.74, 6) is 0.340. The van der Waals surface area contributed by atoms with Crippen LogP contribution in [0, 0.1) is 11.7 Å². The summed E-state index contributed by atoms with van der Waals surface area (Å²) >= 11 is 0. The van der Waals surface area contributed by atoms with Crippen LogP contribution in [0.5, 0.6) is 0 Å². The van der Waals surface area contributed by atoms with E-state index in [9.17, 15) is 14.0 Å². The van der Waals surface area contributed by atoms with E-state index in [0.717, 1.165) is 60.6 Å². The molecular formula is C28H28FN5O2. The highest BCUT2D eigenvalue weighted by molar-refractivity contribution is 6.13. The molecule has 1 saturated heterocycles. The minimum absolute atomic E-state index is 0.00803. The fourth-order valence-electron chi connectivity index (χ4n) is 5.00. The number of fused-ring (bicyclic) bond motifs is 3. The van der Waals surface area contributed by atoms with Gasteiger partial charge in [0.05, 0.1) is 5.52 Å². The zero-order valence-electron chi connectivity index (χ0n) is 19.9. The number of aromatic amines is 1. The number of aromatic nitrogens is 2. The van der Waals surface area contributed by atoms with Gasteiger partial charge in [0.1, 0.15) is 5.82 Å². The Hall–Kier alpha value is -3.78. The Morgan fingerprint density at radius 3 is 2.61 bits per heavy atom. The lowest BCUT2D eigenvalue weighted by molar-refractivity contribution is -0.117. The van der Waals surface area contributed by atoms with Crippen LogP contribution in [0.4, 0.5) is 10.2 Å². The molecule has 3 heterocycles. The molecule has 1 aliphatic heterocycles. The van der Waals surface area contributed by atoms with Crippen LogP contribution in [0.2, 0.25) is 0 Å². The summed E-state index contributed by atoms with van der Waals surface area (Å²) in [5.41, 5.74) is 2.88. The van der Waals surface area contributed by atoms with E-state index in [-0.39, 0.29) is 29.6 Å². The molecule has 6 rings (SSSR count). The Balaban J connectivity index is 1.12. The van der Waals surface area contributed by atoms with E-state index in [1.807, 2.05) is 36.4 Å². The molecule has 8 heteroatoms. The van der Waals surface area contributed by atoms with Crippen LogP contribution >= 0.6 is 0 Å². The number of hydrogen-bond acceptors (Lipinski definition) is 4. The van der Waals surface area contributed by atoms with Crippen LogP contribution in [0.1, 0.15) is 41.6 Å². The van der Waals surface area contributed by atoms with Crippen molar-refractivity contribution in [2.45, 2.75) is 38.3 Å². The molecule has 0 bridgehead atoms. The van der Waals surface area contributed by atoms with Gasteiger partial charge in [-0.05, 0) is 49.9 Å². The third-order valence-corrected chi connectivity index (χ3v) is 7.25. The van der Waals surface area contributed by atoms with Crippen LogP contribution in [-0.2, 0) is 11.3 Å². The molecule has 2 amide bonds. The van der Waals surface area contributed by atoms with E-state index in [4.69, 9.17) is 0 Å². The molecule has 0 atom stereocenters. The van der Waals surface area contributed by atoms with E-state index >= 15 is 0 Å². The lowest BCUT2D eigenvalue weighted by Gasteiger charge is -2.32. The van der Waals surface area contributed by atoms with Crippen molar-refractivity contribution in [3.05, 3.63) is 71.7 Å². The fourth-order valence-corrected chi connectivity index (χ4v) is 5.00. The molecule has 2 aromatic heterocycles. The van der Waals surface area contributed by atoms with Gasteiger partial charge in [0.2, 0.25) is 5.91 Å². The number of H-pyrrole nitrogens is 1. The zero-order valence-corrected chi connectivity index (χ0v) is 19.9. The number of nitrogens with one attached hydrogen (secondary N) is 3. The highest BCUT2D eigenvalue weighted by atomic mass is 19.1. The van der Waals surface area contributed by atoms with E-state index < -0.39 is 0 Å². The van der Waals surface area contributed by atoms with Crippen molar-refractivity contribution < 1.29 is 14.0 Å². The van der Waals surface area contributed by atoms with Gasteiger partial charge in [-0.25, -0.2) is 9.37 Å². The number of pyridine rings is 1. The second kappa shape index (κ2) is 9.35. The summed E-state index contributed by atoms with van der Waals surface area (Å²) in [5, 5.41) is 8.04. The first kappa shape index (κ1) is 22.7. The quantitative estimate of drug-likeness (QED) is 0.372. The fraction of sp³-hybridized carbons (Fsp3) is 0.321. The van der Waals surface area contributed by atoms with Gasteiger partial charge in [0.25, 0.3) is 5.91 Å². The maximum Gasteiger partial charge on any atom is 0.251 e. The SMILES string of the molecule is O=C(NC1CCN(Cc2ccccc2F)CC1)c1ccc2c(c1)[nH]c1c(NC(=O)C3CC3)nccc12. The number of carbonyl (C=O) groups is 2. The molecule has 7 nitrogen and oxygen atoms in total. The third-order valence-electron chi connectivity index (χ3n) is 7.25. The van der Waals surface area contributed by atoms with Gasteiger partial charge >= 0.3 is 0 Å². The zero-order chi connectivity index (χ0) is 24.6. The number of carbonyl (C=O) groups excluding carboxylic acids is 2. The third kappa shape index (κ3) is 4.56. The van der Waals surface area contributed by atoms with Crippen molar-refractivity contribution in [3.8, 4) is 0 Å². The van der Waals surface area contributed by atoms with Gasteiger partial charge in [-0.15, -0.1) is 0 Å². The van der Waals surface area contributed by atoms with Crippen molar-refractivity contribution >= 4 is 39.4 Å². The number of rotatable bonds is 6. The van der Waals surface area contributed by atoms with Gasteiger partial charge in [-0.3, -0.25) is 14.5 Å². The molecule has 36 heavy (non-hydrogen) atoms. The second-order valence-corrected chi connectivity index (χ2v) is 9.85. The molecule has 4 aromatic rings. The van der Waals surface area contributed by atoms with Gasteiger partial charge in [0, 0.05) is 65.2 Å². The molecule has 3 N–H and O–H groups in total. The van der Waals surface area contributed by atoms with Crippen LogP contribution < -0.4 is 10.6 Å². The highest BCUT2D eigenvalue weighted by Gasteiger charge is 2.30. The summed E-state index contributed by atoms with van der Waals surface area (Å²) in [7, 11) is 0. The first-order valence-corrected chi connectivity index (χ1v) is 12.5. The largest absolute Gasteiger partial charge is 0.351 e. The predicted molar refractivity (Wildman–Crippen MR) is 137 cm³/mol. The van der Waals surface area contributed by atoms with E-state index in [1.165, 1.54) is 6.07 Å². The maximum atomic E-state index is 14.0. The maximum absolute atomic E-state index is 14.0. The molecular weight excluding hydrogens is 457 g/mol. The summed E-state index contributed by atoms with van der Waals surface area (Å²) < 4.78 is 14.0. The van der Waals surface area contributed by atoms with Crippen LogP contribution in [0.25, 0.3) is 21.8 Å². The predicted octanol–water partition coefficient (Wildman–Crippen LogP) is 4.60. The molecule has 2 aliphatic rings. The molecule has 2 fully saturated rings. The van der Waals surface area contributed by atoms with Crippen LogP contribution in [0.3, 0.4) is 0 Å². The molecule has 184 valence electrons. The van der Waals surface area contributed by atoms with Crippen molar-refractivity contribution in [1.29, 1.82) is 0 Å². The van der Waals surface area contributed by atoms with E-state index in [0.29, 0.717) is 23.5 Å². The Bertz CT molecular complexity index is 1450. The summed E-state index contributed by atoms with van der Waals surface area (Å²) in [6.07, 6.45) is 5.20.